The largest absolute Gasteiger partial charge is 0.384 e. The summed E-state index contributed by atoms with van der Waals surface area (Å²) in [6.45, 7) is 6.21. The Balaban J connectivity index is 1.70. The highest BCUT2D eigenvalue weighted by Crippen LogP contribution is 2.19. The molecule has 0 aromatic carbocycles. The Morgan fingerprint density at radius 1 is 1.47 bits per heavy atom. The third-order valence-electron chi connectivity index (χ3n) is 3.89. The van der Waals surface area contributed by atoms with Crippen LogP contribution in [0.1, 0.15) is 17.7 Å². The molecule has 1 unspecified atom stereocenters. The lowest BCUT2D eigenvalue weighted by atomic mass is 10.1. The van der Waals surface area contributed by atoms with Crippen molar-refractivity contribution < 1.29 is 4.74 Å². The number of rotatable bonds is 4. The number of aryl methyl sites for hydroxylation is 1. The van der Waals surface area contributed by atoms with E-state index in [0.29, 0.717) is 5.92 Å². The second kappa shape index (κ2) is 5.31. The fraction of sp³-hybridized carbons (Fsp3) is 0.533. The van der Waals surface area contributed by atoms with E-state index in [2.05, 4.69) is 40.8 Å². The molecule has 0 saturated carbocycles. The number of ether oxygens (including phenoxy) is 1. The van der Waals surface area contributed by atoms with Crippen LogP contribution in [-0.2, 0) is 11.3 Å². The van der Waals surface area contributed by atoms with Gasteiger partial charge in [0.25, 0.3) is 0 Å². The number of hydrogen-bond donors (Lipinski definition) is 0. The van der Waals surface area contributed by atoms with Gasteiger partial charge in [-0.05, 0) is 37.4 Å². The van der Waals surface area contributed by atoms with Gasteiger partial charge in [-0.1, -0.05) is 6.07 Å². The van der Waals surface area contributed by atoms with Crippen molar-refractivity contribution >= 4 is 5.65 Å². The molecule has 3 rings (SSSR count). The van der Waals surface area contributed by atoms with Gasteiger partial charge < -0.3 is 9.14 Å². The maximum Gasteiger partial charge on any atom is 0.139 e. The molecule has 1 saturated heterocycles. The number of methoxy groups -OCH3 is 1. The molecule has 3 heterocycles. The molecule has 0 amide bonds. The highest BCUT2D eigenvalue weighted by Gasteiger charge is 2.22. The SMILES string of the molecule is COCC1CCN(Cc2cn3cccc(C)c3n2)C1. The standard InChI is InChI=1S/C15H21N3O/c1-12-4-3-6-18-10-14(16-15(12)18)9-17-7-5-13(8-17)11-19-2/h3-4,6,10,13H,5,7-9,11H2,1-2H3. The number of imidazole rings is 1. The molecule has 1 atom stereocenters. The van der Waals surface area contributed by atoms with Gasteiger partial charge in [-0.25, -0.2) is 4.98 Å². The van der Waals surface area contributed by atoms with Gasteiger partial charge in [0.15, 0.2) is 0 Å². The van der Waals surface area contributed by atoms with Crippen LogP contribution in [0.25, 0.3) is 5.65 Å². The van der Waals surface area contributed by atoms with Gasteiger partial charge in [-0.2, -0.15) is 0 Å². The summed E-state index contributed by atoms with van der Waals surface area (Å²) in [6, 6.07) is 4.18. The first-order valence-electron chi connectivity index (χ1n) is 6.91. The summed E-state index contributed by atoms with van der Waals surface area (Å²) in [5.41, 5.74) is 3.46. The Bertz CT molecular complexity index is 564. The number of hydrogen-bond acceptors (Lipinski definition) is 3. The monoisotopic (exact) mass is 259 g/mol. The summed E-state index contributed by atoms with van der Waals surface area (Å²) in [7, 11) is 1.79. The van der Waals surface area contributed by atoms with E-state index >= 15 is 0 Å². The van der Waals surface area contributed by atoms with Crippen molar-refractivity contribution in [2.75, 3.05) is 26.8 Å². The van der Waals surface area contributed by atoms with E-state index in [0.717, 1.165) is 37.6 Å². The minimum atomic E-state index is 0.684. The van der Waals surface area contributed by atoms with Crippen LogP contribution in [0.2, 0.25) is 0 Å². The van der Waals surface area contributed by atoms with Crippen molar-refractivity contribution in [3.8, 4) is 0 Å². The van der Waals surface area contributed by atoms with Gasteiger partial charge in [-0.3, -0.25) is 4.90 Å². The lowest BCUT2D eigenvalue weighted by Gasteiger charge is -2.13. The molecule has 0 bridgehead atoms. The summed E-state index contributed by atoms with van der Waals surface area (Å²) in [5.74, 6) is 0.684. The van der Waals surface area contributed by atoms with Crippen molar-refractivity contribution in [2.24, 2.45) is 5.92 Å². The summed E-state index contributed by atoms with van der Waals surface area (Å²) >= 11 is 0. The first-order chi connectivity index (χ1) is 9.26. The molecule has 19 heavy (non-hydrogen) atoms. The number of nitrogens with zero attached hydrogens (tertiary/aromatic N) is 3. The number of aromatic nitrogens is 2. The van der Waals surface area contributed by atoms with Gasteiger partial charge in [0.2, 0.25) is 0 Å². The van der Waals surface area contributed by atoms with Crippen molar-refractivity contribution in [2.45, 2.75) is 19.9 Å². The second-order valence-corrected chi connectivity index (χ2v) is 5.50. The Kier molecular flexibility index (Phi) is 3.53. The van der Waals surface area contributed by atoms with Gasteiger partial charge in [-0.15, -0.1) is 0 Å². The molecular formula is C15H21N3O. The van der Waals surface area contributed by atoms with Crippen LogP contribution >= 0.6 is 0 Å². The van der Waals surface area contributed by atoms with Gasteiger partial charge in [0.1, 0.15) is 5.65 Å². The lowest BCUT2D eigenvalue weighted by molar-refractivity contribution is 0.152. The van der Waals surface area contributed by atoms with E-state index in [9.17, 15) is 0 Å². The number of pyridine rings is 1. The molecule has 1 fully saturated rings. The normalized spacial score (nSPS) is 20.4. The molecule has 1 aliphatic rings. The van der Waals surface area contributed by atoms with Gasteiger partial charge in [0, 0.05) is 32.6 Å². The van der Waals surface area contributed by atoms with E-state index in [-0.39, 0.29) is 0 Å². The first kappa shape index (κ1) is 12.6. The van der Waals surface area contributed by atoms with Crippen molar-refractivity contribution in [3.63, 3.8) is 0 Å². The average Bonchev–Trinajstić information content (AvgIpc) is 2.98. The molecule has 0 radical (unpaired) electrons. The highest BCUT2D eigenvalue weighted by molar-refractivity contribution is 5.47. The van der Waals surface area contributed by atoms with Crippen LogP contribution in [0.3, 0.4) is 0 Å². The topological polar surface area (TPSA) is 29.8 Å². The molecule has 0 N–H and O–H groups in total. The predicted octanol–water partition coefficient (Wildman–Crippen LogP) is 2.11. The molecule has 1 aliphatic heterocycles. The molecule has 4 heteroatoms. The van der Waals surface area contributed by atoms with E-state index in [1.54, 1.807) is 7.11 Å². The Morgan fingerprint density at radius 3 is 3.16 bits per heavy atom. The third kappa shape index (κ3) is 2.65. The molecular weight excluding hydrogens is 238 g/mol. The van der Waals surface area contributed by atoms with E-state index in [1.165, 1.54) is 12.0 Å². The van der Waals surface area contributed by atoms with Crippen molar-refractivity contribution in [1.82, 2.24) is 14.3 Å². The molecule has 0 aliphatic carbocycles. The van der Waals surface area contributed by atoms with E-state index in [4.69, 9.17) is 9.72 Å². The minimum Gasteiger partial charge on any atom is -0.384 e. The summed E-state index contributed by atoms with van der Waals surface area (Å²) in [5, 5.41) is 0. The minimum absolute atomic E-state index is 0.684. The van der Waals surface area contributed by atoms with E-state index in [1.807, 2.05) is 0 Å². The molecule has 4 nitrogen and oxygen atoms in total. The van der Waals surface area contributed by atoms with Crippen LogP contribution in [-0.4, -0.2) is 41.1 Å². The van der Waals surface area contributed by atoms with Crippen LogP contribution in [0.5, 0.6) is 0 Å². The fourth-order valence-corrected chi connectivity index (χ4v) is 2.94. The zero-order chi connectivity index (χ0) is 13.2. The fourth-order valence-electron chi connectivity index (χ4n) is 2.94. The second-order valence-electron chi connectivity index (χ2n) is 5.50. The zero-order valence-electron chi connectivity index (χ0n) is 11.7. The van der Waals surface area contributed by atoms with E-state index < -0.39 is 0 Å². The Hall–Kier alpha value is -1.39. The smallest absolute Gasteiger partial charge is 0.139 e. The van der Waals surface area contributed by atoms with Gasteiger partial charge >= 0.3 is 0 Å². The summed E-state index contributed by atoms with van der Waals surface area (Å²) in [6.07, 6.45) is 5.45. The molecule has 0 spiro atoms. The molecule has 2 aromatic heterocycles. The van der Waals surface area contributed by atoms with Crippen LogP contribution in [0.4, 0.5) is 0 Å². The number of fused-ring (bicyclic) bond motifs is 1. The Labute approximate surface area is 114 Å². The summed E-state index contributed by atoms with van der Waals surface area (Å²) in [4.78, 5) is 7.21. The quantitative estimate of drug-likeness (QED) is 0.842. The van der Waals surface area contributed by atoms with Crippen molar-refractivity contribution in [1.29, 1.82) is 0 Å². The first-order valence-corrected chi connectivity index (χ1v) is 6.91. The molecule has 102 valence electrons. The molecule has 2 aromatic rings. The van der Waals surface area contributed by atoms with Crippen molar-refractivity contribution in [3.05, 3.63) is 35.8 Å². The van der Waals surface area contributed by atoms with Crippen LogP contribution < -0.4 is 0 Å². The average molecular weight is 259 g/mol. The van der Waals surface area contributed by atoms with Crippen LogP contribution in [0.15, 0.2) is 24.5 Å². The van der Waals surface area contributed by atoms with Gasteiger partial charge in [0.05, 0.1) is 12.3 Å². The third-order valence-corrected chi connectivity index (χ3v) is 3.89. The Morgan fingerprint density at radius 2 is 2.37 bits per heavy atom. The van der Waals surface area contributed by atoms with Crippen LogP contribution in [0, 0.1) is 12.8 Å². The summed E-state index contributed by atoms with van der Waals surface area (Å²) < 4.78 is 7.36. The maximum atomic E-state index is 5.24. The predicted molar refractivity (Wildman–Crippen MR) is 75.2 cm³/mol. The highest BCUT2D eigenvalue weighted by atomic mass is 16.5. The zero-order valence-corrected chi connectivity index (χ0v) is 11.7. The maximum absolute atomic E-state index is 5.24. The number of likely N-dealkylation sites (tertiary alicyclic amines) is 1. The lowest BCUT2D eigenvalue weighted by Crippen LogP contribution is -2.21.